The van der Waals surface area contributed by atoms with Gasteiger partial charge in [0.15, 0.2) is 0 Å². The molecule has 0 aliphatic heterocycles. The Balaban J connectivity index is 0.923. The van der Waals surface area contributed by atoms with Gasteiger partial charge in [0.1, 0.15) is 0 Å². The van der Waals surface area contributed by atoms with Crippen LogP contribution in [0.15, 0.2) is 236 Å². The van der Waals surface area contributed by atoms with Crippen LogP contribution in [0.4, 0.5) is 34.1 Å². The minimum Gasteiger partial charge on any atom is -0.310 e. The summed E-state index contributed by atoms with van der Waals surface area (Å²) in [4.78, 5) is 4.92. The molecule has 10 aromatic rings. The SMILES string of the molecule is CCCCCCc1cc(-c2ccc(N(c3ccc(-c4ccc(C(C)(C)C)cc4)cc3)c3ccc(-c4cccc(C)c4)cc3)cc2C)c(CCCCCC)cc1-c1ccc(N(c2ccc(C3=CC(C(C)C)=CC4CC34)cc2)c2ccc(-c3ccc(C(C)(C)C)cc3)cc2)cc1C. The molecule has 0 amide bonds. The molecule has 0 aromatic heterocycles. The second kappa shape index (κ2) is 28.7. The molecule has 2 unspecified atom stereocenters. The van der Waals surface area contributed by atoms with Crippen LogP contribution < -0.4 is 9.80 Å². The summed E-state index contributed by atoms with van der Waals surface area (Å²) in [6.45, 7) is 29.9. The summed E-state index contributed by atoms with van der Waals surface area (Å²) >= 11 is 0. The number of rotatable bonds is 23. The van der Waals surface area contributed by atoms with E-state index < -0.39 is 0 Å². The van der Waals surface area contributed by atoms with Crippen molar-refractivity contribution in [1.29, 1.82) is 0 Å². The molecular formula is C93H102N2. The molecule has 0 spiro atoms. The average Bonchev–Trinajstić information content (AvgIpc) is 1.76. The second-order valence-electron chi connectivity index (χ2n) is 30.1. The molecular weight excluding hydrogens is 1150 g/mol. The van der Waals surface area contributed by atoms with Crippen LogP contribution in [0.25, 0.3) is 61.2 Å². The van der Waals surface area contributed by atoms with Crippen molar-refractivity contribution in [1.82, 2.24) is 0 Å². The first-order valence-corrected chi connectivity index (χ1v) is 35.9. The number of unbranched alkanes of at least 4 members (excludes halogenated alkanes) is 6. The molecule has 0 radical (unpaired) electrons. The van der Waals surface area contributed by atoms with E-state index in [9.17, 15) is 0 Å². The molecule has 95 heavy (non-hydrogen) atoms. The Hall–Kier alpha value is -8.72. The Morgan fingerprint density at radius 1 is 0.379 bits per heavy atom. The Morgan fingerprint density at radius 2 is 0.758 bits per heavy atom. The summed E-state index contributed by atoms with van der Waals surface area (Å²) in [5.74, 6) is 1.85. The van der Waals surface area contributed by atoms with E-state index in [-0.39, 0.29) is 10.8 Å². The molecule has 1 fully saturated rings. The number of anilines is 6. The highest BCUT2D eigenvalue weighted by Gasteiger charge is 2.41. The van der Waals surface area contributed by atoms with E-state index in [1.54, 1.807) is 0 Å². The monoisotopic (exact) mass is 1250 g/mol. The Bertz CT molecular complexity index is 4330. The van der Waals surface area contributed by atoms with Crippen molar-refractivity contribution >= 4 is 39.7 Å². The van der Waals surface area contributed by atoms with Crippen molar-refractivity contribution < 1.29 is 0 Å². The van der Waals surface area contributed by atoms with Gasteiger partial charge in [0.2, 0.25) is 0 Å². The lowest BCUT2D eigenvalue weighted by Gasteiger charge is -2.28. The van der Waals surface area contributed by atoms with Gasteiger partial charge < -0.3 is 9.80 Å². The molecule has 2 nitrogen and oxygen atoms in total. The fourth-order valence-corrected chi connectivity index (χ4v) is 14.5. The van der Waals surface area contributed by atoms with Gasteiger partial charge in [-0.05, 0) is 260 Å². The quantitative estimate of drug-likeness (QED) is 0.0589. The third-order valence-electron chi connectivity index (χ3n) is 20.4. The number of benzene rings is 10. The van der Waals surface area contributed by atoms with Crippen LogP contribution in [0.1, 0.15) is 172 Å². The zero-order valence-corrected chi connectivity index (χ0v) is 59.3. The van der Waals surface area contributed by atoms with Gasteiger partial charge in [-0.3, -0.25) is 0 Å². The summed E-state index contributed by atoms with van der Waals surface area (Å²) in [5.41, 5.74) is 33.6. The van der Waals surface area contributed by atoms with E-state index in [1.807, 2.05) is 0 Å². The van der Waals surface area contributed by atoms with Gasteiger partial charge in [-0.15, -0.1) is 0 Å². The maximum Gasteiger partial charge on any atom is 0.0464 e. The van der Waals surface area contributed by atoms with E-state index >= 15 is 0 Å². The van der Waals surface area contributed by atoms with Crippen LogP contribution in [-0.2, 0) is 23.7 Å². The molecule has 2 aliphatic rings. The van der Waals surface area contributed by atoms with E-state index in [0.717, 1.165) is 54.1 Å². The van der Waals surface area contributed by atoms with Crippen molar-refractivity contribution in [2.24, 2.45) is 17.8 Å². The molecule has 2 atom stereocenters. The second-order valence-corrected chi connectivity index (χ2v) is 30.1. The molecule has 10 aromatic carbocycles. The highest BCUT2D eigenvalue weighted by atomic mass is 15.1. The van der Waals surface area contributed by atoms with Crippen LogP contribution in [0.2, 0.25) is 0 Å². The minimum absolute atomic E-state index is 0.104. The predicted molar refractivity (Wildman–Crippen MR) is 413 cm³/mol. The molecule has 0 bridgehead atoms. The fourth-order valence-electron chi connectivity index (χ4n) is 14.5. The van der Waals surface area contributed by atoms with Crippen molar-refractivity contribution in [3.63, 3.8) is 0 Å². The Kier molecular flexibility index (Phi) is 20.0. The van der Waals surface area contributed by atoms with Gasteiger partial charge in [0.05, 0.1) is 0 Å². The molecule has 2 heteroatoms. The first-order chi connectivity index (χ1) is 45.8. The maximum absolute atomic E-state index is 2.62. The predicted octanol–water partition coefficient (Wildman–Crippen LogP) is 27.3. The number of hydrogen-bond donors (Lipinski definition) is 0. The zero-order chi connectivity index (χ0) is 66.5. The normalized spacial score (nSPS) is 14.5. The molecule has 0 heterocycles. The maximum atomic E-state index is 2.62. The van der Waals surface area contributed by atoms with Crippen molar-refractivity contribution in [2.75, 3.05) is 9.80 Å². The van der Waals surface area contributed by atoms with Crippen molar-refractivity contribution in [2.45, 2.75) is 171 Å². The summed E-state index contributed by atoms with van der Waals surface area (Å²) in [7, 11) is 0. The highest BCUT2D eigenvalue weighted by molar-refractivity contribution is 5.87. The summed E-state index contributed by atoms with van der Waals surface area (Å²) in [6, 6.07) is 84.0. The largest absolute Gasteiger partial charge is 0.310 e. The molecule has 0 saturated heterocycles. The third kappa shape index (κ3) is 15.2. The number of allylic oxidation sites excluding steroid dienone is 4. The number of aryl methyl sites for hydroxylation is 5. The fraction of sp³-hybridized carbons (Fsp3) is 0.312. The Labute approximate surface area is 571 Å². The van der Waals surface area contributed by atoms with Crippen molar-refractivity contribution in [3.05, 3.63) is 281 Å². The molecule has 12 rings (SSSR count). The van der Waals surface area contributed by atoms with Crippen molar-refractivity contribution in [3.8, 4) is 55.6 Å². The van der Waals surface area contributed by atoms with Crippen LogP contribution in [0, 0.1) is 38.5 Å². The van der Waals surface area contributed by atoms with Gasteiger partial charge in [-0.2, -0.15) is 0 Å². The summed E-state index contributed by atoms with van der Waals surface area (Å²) in [6.07, 6.45) is 18.1. The van der Waals surface area contributed by atoms with E-state index in [4.69, 9.17) is 0 Å². The smallest absolute Gasteiger partial charge is 0.0464 e. The standard InChI is InChI=1S/C93H102N2/c1-14-16-18-20-24-74-60-90(87-54-52-85(57-66(87)7)95(81-45-33-70(34-46-81)68-29-41-79(42-30-68)93(11,12)13)83-49-37-72(38-50-83)88-61-76(63(3)4)58-77-62-91(77)88)75(25-21-19-17-15-2)59-89(74)86-53-51-84(56-65(86)6)94(82-47-35-71(36-48-82)73-26-22-23-64(5)55-73)80-43-31-69(32-44-80)67-27-39-78(40-28-67)92(8,9)10/h22-23,26-61,63,77,91H,14-21,24-25,62H2,1-13H3. The summed E-state index contributed by atoms with van der Waals surface area (Å²) in [5, 5.41) is 0. The first-order valence-electron chi connectivity index (χ1n) is 35.9. The lowest BCUT2D eigenvalue weighted by Crippen LogP contribution is -2.11. The zero-order valence-electron chi connectivity index (χ0n) is 59.3. The lowest BCUT2D eigenvalue weighted by molar-refractivity contribution is 0.590. The molecule has 1 saturated carbocycles. The van der Waals surface area contributed by atoms with E-state index in [0.29, 0.717) is 17.8 Å². The number of fused-ring (bicyclic) bond motifs is 1. The van der Waals surface area contributed by atoms with E-state index in [1.165, 1.54) is 162 Å². The first kappa shape index (κ1) is 66.3. The van der Waals surface area contributed by atoms with Gasteiger partial charge >= 0.3 is 0 Å². The number of hydrogen-bond acceptors (Lipinski definition) is 2. The van der Waals surface area contributed by atoms with Crippen LogP contribution in [0.3, 0.4) is 0 Å². The molecule has 2 aliphatic carbocycles. The third-order valence-corrected chi connectivity index (χ3v) is 20.4. The highest BCUT2D eigenvalue weighted by Crippen LogP contribution is 2.54. The summed E-state index contributed by atoms with van der Waals surface area (Å²) < 4.78 is 0. The molecule has 0 N–H and O–H groups in total. The lowest BCUT2D eigenvalue weighted by atomic mass is 9.84. The van der Waals surface area contributed by atoms with Gasteiger partial charge in [0, 0.05) is 34.1 Å². The molecule has 484 valence electrons. The van der Waals surface area contributed by atoms with Crippen LogP contribution in [0.5, 0.6) is 0 Å². The van der Waals surface area contributed by atoms with Gasteiger partial charge in [0.25, 0.3) is 0 Å². The number of nitrogens with zero attached hydrogens (tertiary/aromatic N) is 2. The van der Waals surface area contributed by atoms with Gasteiger partial charge in [-0.25, -0.2) is 0 Å². The minimum atomic E-state index is 0.104. The van der Waals surface area contributed by atoms with Gasteiger partial charge in [-0.1, -0.05) is 271 Å². The van der Waals surface area contributed by atoms with E-state index in [2.05, 4.69) is 330 Å². The average molecular weight is 1250 g/mol. The Morgan fingerprint density at radius 3 is 1.13 bits per heavy atom. The topological polar surface area (TPSA) is 6.48 Å². The van der Waals surface area contributed by atoms with Crippen LogP contribution >= 0.6 is 0 Å². The van der Waals surface area contributed by atoms with Crippen LogP contribution in [-0.4, -0.2) is 0 Å².